The molecule has 0 saturated heterocycles. The normalized spacial score (nSPS) is 15.9. The first-order valence-electron chi connectivity index (χ1n) is 19.4. The summed E-state index contributed by atoms with van der Waals surface area (Å²) < 4.78 is 0. The molecule has 3 heterocycles. The van der Waals surface area contributed by atoms with Gasteiger partial charge in [0.15, 0.2) is 5.82 Å². The Labute approximate surface area is 327 Å². The molecule has 8 aromatic rings. The number of para-hydroxylation sites is 1. The maximum atomic E-state index is 5.43. The van der Waals surface area contributed by atoms with Gasteiger partial charge in [-0.3, -0.25) is 4.99 Å². The summed E-state index contributed by atoms with van der Waals surface area (Å²) in [4.78, 5) is 21.6. The van der Waals surface area contributed by atoms with Crippen molar-refractivity contribution in [1.29, 1.82) is 0 Å². The fourth-order valence-corrected chi connectivity index (χ4v) is 8.18. The van der Waals surface area contributed by atoms with Crippen LogP contribution >= 0.6 is 0 Å². The standard InChI is InChI=1S/C52H38N4/c1-2-13-30-45-39(24-6-1)34-44-48(54-46-31-15-14-29-43(46)51(44)53-45)41-27-17-26-40(33-41)47-49(36-20-9-4-10-21-36)55-52(56-50(47)37-22-11-5-12-23-37)42-28-16-25-38(32-42)35-18-7-3-8-19-35/h1-5,7-23,25-33,39H,6,24,34H2/b2-1-,30-13-. The summed E-state index contributed by atoms with van der Waals surface area (Å²) in [6.07, 6.45) is 11.7. The maximum Gasteiger partial charge on any atom is 0.160 e. The zero-order chi connectivity index (χ0) is 37.3. The van der Waals surface area contributed by atoms with Crippen LogP contribution in [-0.2, 0) is 6.42 Å². The van der Waals surface area contributed by atoms with Gasteiger partial charge in [0.05, 0.1) is 28.3 Å². The fraction of sp³-hybridized carbons (Fsp3) is 0.0769. The number of hydrogen-bond acceptors (Lipinski definition) is 4. The molecule has 10 rings (SSSR count). The lowest BCUT2D eigenvalue weighted by Crippen LogP contribution is -2.20. The molecule has 266 valence electrons. The van der Waals surface area contributed by atoms with Crippen LogP contribution < -0.4 is 0 Å². The van der Waals surface area contributed by atoms with Crippen LogP contribution in [0.2, 0.25) is 0 Å². The predicted molar refractivity (Wildman–Crippen MR) is 232 cm³/mol. The van der Waals surface area contributed by atoms with E-state index in [1.54, 1.807) is 0 Å². The van der Waals surface area contributed by atoms with E-state index in [9.17, 15) is 0 Å². The van der Waals surface area contributed by atoms with Crippen molar-refractivity contribution in [3.8, 4) is 67.4 Å². The molecule has 2 aliphatic rings. The number of benzene rings is 6. The van der Waals surface area contributed by atoms with Crippen LogP contribution in [0, 0.1) is 5.92 Å². The van der Waals surface area contributed by atoms with E-state index in [4.69, 9.17) is 19.9 Å². The molecule has 4 nitrogen and oxygen atoms in total. The molecule has 1 aliphatic heterocycles. The van der Waals surface area contributed by atoms with E-state index >= 15 is 0 Å². The van der Waals surface area contributed by atoms with E-state index in [-0.39, 0.29) is 0 Å². The molecule has 0 spiro atoms. The Balaban J connectivity index is 1.19. The highest BCUT2D eigenvalue weighted by Crippen LogP contribution is 2.44. The topological polar surface area (TPSA) is 51.0 Å². The second-order valence-electron chi connectivity index (χ2n) is 14.5. The minimum atomic E-state index is 0.337. The number of fused-ring (bicyclic) bond motifs is 4. The quantitative estimate of drug-likeness (QED) is 0.172. The number of aliphatic imine (C=N–C) groups is 1. The van der Waals surface area contributed by atoms with E-state index in [1.807, 2.05) is 6.07 Å². The Morgan fingerprint density at radius 2 is 1.05 bits per heavy atom. The second kappa shape index (κ2) is 14.7. The monoisotopic (exact) mass is 718 g/mol. The van der Waals surface area contributed by atoms with Crippen LogP contribution in [0.3, 0.4) is 0 Å². The third-order valence-electron chi connectivity index (χ3n) is 10.9. The highest BCUT2D eigenvalue weighted by atomic mass is 14.9. The van der Waals surface area contributed by atoms with Crippen LogP contribution in [-0.4, -0.2) is 20.7 Å². The lowest BCUT2D eigenvalue weighted by Gasteiger charge is -2.26. The molecule has 4 heteroatoms. The first-order valence-corrected chi connectivity index (χ1v) is 19.4. The van der Waals surface area contributed by atoms with Gasteiger partial charge in [-0.2, -0.15) is 0 Å². The van der Waals surface area contributed by atoms with Crippen molar-refractivity contribution >= 4 is 22.3 Å². The van der Waals surface area contributed by atoms with Crippen LogP contribution in [0.5, 0.6) is 0 Å². The van der Waals surface area contributed by atoms with E-state index in [2.05, 4.69) is 182 Å². The summed E-state index contributed by atoms with van der Waals surface area (Å²) in [6.45, 7) is 0. The third-order valence-corrected chi connectivity index (χ3v) is 10.9. The predicted octanol–water partition coefficient (Wildman–Crippen LogP) is 13.2. The summed E-state index contributed by atoms with van der Waals surface area (Å²) >= 11 is 0. The number of hydrogen-bond donors (Lipinski definition) is 0. The van der Waals surface area contributed by atoms with Gasteiger partial charge in [0.25, 0.3) is 0 Å². The van der Waals surface area contributed by atoms with Gasteiger partial charge in [0.2, 0.25) is 0 Å². The molecular formula is C52H38N4. The van der Waals surface area contributed by atoms with Crippen molar-refractivity contribution < 1.29 is 0 Å². The summed E-state index contributed by atoms with van der Waals surface area (Å²) in [5.41, 5.74) is 15.5. The van der Waals surface area contributed by atoms with Gasteiger partial charge in [-0.1, -0.05) is 164 Å². The molecule has 56 heavy (non-hydrogen) atoms. The Hall–Kier alpha value is -7.04. The Kier molecular flexibility index (Phi) is 8.77. The molecule has 0 amide bonds. The summed E-state index contributed by atoms with van der Waals surface area (Å²) in [5.74, 6) is 1.02. The average molecular weight is 719 g/mol. The Morgan fingerprint density at radius 1 is 0.464 bits per heavy atom. The summed E-state index contributed by atoms with van der Waals surface area (Å²) in [6, 6.07) is 57.2. The third kappa shape index (κ3) is 6.35. The molecule has 0 bridgehead atoms. The largest absolute Gasteiger partial charge is 0.252 e. The second-order valence-corrected chi connectivity index (χ2v) is 14.5. The van der Waals surface area contributed by atoms with E-state index in [0.29, 0.717) is 11.7 Å². The van der Waals surface area contributed by atoms with Crippen LogP contribution in [0.1, 0.15) is 18.4 Å². The zero-order valence-electron chi connectivity index (χ0n) is 30.9. The highest BCUT2D eigenvalue weighted by molar-refractivity contribution is 6.06. The first-order chi connectivity index (χ1) is 27.8. The highest BCUT2D eigenvalue weighted by Gasteiger charge is 2.28. The van der Waals surface area contributed by atoms with Crippen molar-refractivity contribution in [2.24, 2.45) is 10.9 Å². The zero-order valence-corrected chi connectivity index (χ0v) is 30.9. The van der Waals surface area contributed by atoms with Gasteiger partial charge >= 0.3 is 0 Å². The van der Waals surface area contributed by atoms with E-state index in [0.717, 1.165) is 103 Å². The van der Waals surface area contributed by atoms with Crippen molar-refractivity contribution in [3.05, 3.63) is 194 Å². The molecule has 1 aliphatic carbocycles. The van der Waals surface area contributed by atoms with Crippen LogP contribution in [0.4, 0.5) is 5.69 Å². The molecule has 1 atom stereocenters. The maximum absolute atomic E-state index is 5.43. The minimum Gasteiger partial charge on any atom is -0.252 e. The van der Waals surface area contributed by atoms with Crippen LogP contribution in [0.15, 0.2) is 193 Å². The van der Waals surface area contributed by atoms with Gasteiger partial charge in [-0.15, -0.1) is 0 Å². The Bertz CT molecular complexity index is 2760. The van der Waals surface area contributed by atoms with E-state index < -0.39 is 0 Å². The number of rotatable bonds is 6. The van der Waals surface area contributed by atoms with Gasteiger partial charge in [0.1, 0.15) is 0 Å². The summed E-state index contributed by atoms with van der Waals surface area (Å²) in [5, 5.41) is 1.09. The van der Waals surface area contributed by atoms with Gasteiger partial charge in [0, 0.05) is 50.4 Å². The van der Waals surface area contributed by atoms with Crippen LogP contribution in [0.25, 0.3) is 78.3 Å². The van der Waals surface area contributed by atoms with Crippen molar-refractivity contribution in [3.63, 3.8) is 0 Å². The Morgan fingerprint density at radius 3 is 1.79 bits per heavy atom. The van der Waals surface area contributed by atoms with Gasteiger partial charge < -0.3 is 0 Å². The molecular weight excluding hydrogens is 681 g/mol. The number of aromatic nitrogens is 3. The van der Waals surface area contributed by atoms with Crippen molar-refractivity contribution in [2.45, 2.75) is 19.3 Å². The molecule has 0 saturated carbocycles. The molecule has 2 aromatic heterocycles. The molecule has 6 aromatic carbocycles. The van der Waals surface area contributed by atoms with E-state index in [1.165, 1.54) is 5.56 Å². The minimum absolute atomic E-state index is 0.337. The molecule has 1 unspecified atom stereocenters. The smallest absolute Gasteiger partial charge is 0.160 e. The SMILES string of the molecule is C1=C\CCC2Cc3c(-c4cccc(-c5c(-c6ccccc6)nc(-c6cccc(-c7ccccc7)c6)nc5-c5ccccc5)c4)nc4ccccc4c3N=C2\C=C/1. The number of pyridine rings is 1. The molecule has 0 radical (unpaired) electrons. The summed E-state index contributed by atoms with van der Waals surface area (Å²) in [7, 11) is 0. The van der Waals surface area contributed by atoms with Gasteiger partial charge in [-0.25, -0.2) is 15.0 Å². The number of nitrogens with zero attached hydrogens (tertiary/aromatic N) is 4. The molecule has 0 fully saturated rings. The molecule has 0 N–H and O–H groups in total. The number of allylic oxidation sites excluding steroid dienone is 4. The fourth-order valence-electron chi connectivity index (χ4n) is 8.18. The lowest BCUT2D eigenvalue weighted by atomic mass is 9.83. The lowest BCUT2D eigenvalue weighted by molar-refractivity contribution is 0.624. The first kappa shape index (κ1) is 33.5. The van der Waals surface area contributed by atoms with Gasteiger partial charge in [-0.05, 0) is 60.2 Å². The average Bonchev–Trinajstić information content (AvgIpc) is 3.26. The van der Waals surface area contributed by atoms with Crippen molar-refractivity contribution in [1.82, 2.24) is 15.0 Å². The van der Waals surface area contributed by atoms with Crippen molar-refractivity contribution in [2.75, 3.05) is 0 Å².